The van der Waals surface area contributed by atoms with Gasteiger partial charge in [0.15, 0.2) is 0 Å². The average Bonchev–Trinajstić information content (AvgIpc) is 2.81. The highest BCUT2D eigenvalue weighted by Crippen LogP contribution is 2.36. The fourth-order valence-corrected chi connectivity index (χ4v) is 3.20. The lowest BCUT2D eigenvalue weighted by Crippen LogP contribution is -2.56. The Bertz CT molecular complexity index is 792. The van der Waals surface area contributed by atoms with Crippen LogP contribution in [0.25, 0.3) is 0 Å². The van der Waals surface area contributed by atoms with E-state index >= 15 is 0 Å². The van der Waals surface area contributed by atoms with E-state index in [9.17, 15) is 19.8 Å². The molecule has 3 rings (SSSR count). The Balaban J connectivity index is 1.81. The van der Waals surface area contributed by atoms with Crippen molar-refractivity contribution in [1.29, 1.82) is 0 Å². The third kappa shape index (κ3) is 3.47. The van der Waals surface area contributed by atoms with Crippen molar-refractivity contribution in [2.75, 3.05) is 0 Å². The molecule has 1 aliphatic rings. The summed E-state index contributed by atoms with van der Waals surface area (Å²) in [5, 5.41) is 24.0. The number of hydrogen-bond acceptors (Lipinski definition) is 4. The van der Waals surface area contributed by atoms with E-state index in [1.165, 1.54) is 6.92 Å². The van der Waals surface area contributed by atoms with Crippen molar-refractivity contribution >= 4 is 11.8 Å². The van der Waals surface area contributed by atoms with E-state index in [2.05, 4.69) is 5.32 Å². The van der Waals surface area contributed by atoms with Crippen molar-refractivity contribution in [1.82, 2.24) is 10.2 Å². The normalized spacial score (nSPS) is 25.3. The van der Waals surface area contributed by atoms with Gasteiger partial charge in [0.25, 0.3) is 11.8 Å². The molecule has 1 fully saturated rings. The summed E-state index contributed by atoms with van der Waals surface area (Å²) in [6, 6.07) is 18.3. The van der Waals surface area contributed by atoms with Crippen LogP contribution in [0.1, 0.15) is 24.5 Å². The summed E-state index contributed by atoms with van der Waals surface area (Å²) in [6.07, 6.45) is -0.383. The standard InChI is InChI=1S/C20H22N2O4/c1-19(25)14-20(26,17(23)21-12-15-8-4-2-5-9-15)22(18(19)24)13-16-10-6-3-7-11-16/h2-11,25-26H,12-14H2,1H3,(H,21,23)/t19-,20-/m1/s1. The van der Waals surface area contributed by atoms with Gasteiger partial charge in [-0.25, -0.2) is 0 Å². The van der Waals surface area contributed by atoms with Crippen LogP contribution >= 0.6 is 0 Å². The van der Waals surface area contributed by atoms with Crippen LogP contribution in [-0.4, -0.2) is 38.3 Å². The predicted octanol–water partition coefficient (Wildman–Crippen LogP) is 1.17. The second kappa shape index (κ2) is 6.90. The molecule has 1 aliphatic heterocycles. The van der Waals surface area contributed by atoms with Gasteiger partial charge in [-0.2, -0.15) is 0 Å². The number of benzene rings is 2. The van der Waals surface area contributed by atoms with Crippen LogP contribution in [0.3, 0.4) is 0 Å². The fourth-order valence-electron chi connectivity index (χ4n) is 3.20. The Hall–Kier alpha value is -2.70. The lowest BCUT2D eigenvalue weighted by Gasteiger charge is -2.32. The number of nitrogens with one attached hydrogen (secondary N) is 1. The molecule has 0 saturated carbocycles. The zero-order valence-corrected chi connectivity index (χ0v) is 14.6. The van der Waals surface area contributed by atoms with Crippen LogP contribution in [0.15, 0.2) is 60.7 Å². The van der Waals surface area contributed by atoms with E-state index in [1.54, 1.807) is 12.1 Å². The number of hydrogen-bond donors (Lipinski definition) is 3. The first-order valence-electron chi connectivity index (χ1n) is 8.46. The zero-order valence-electron chi connectivity index (χ0n) is 14.6. The maximum Gasteiger partial charge on any atom is 0.273 e. The van der Waals surface area contributed by atoms with Gasteiger partial charge in [-0.3, -0.25) is 14.5 Å². The molecule has 6 heteroatoms. The molecule has 0 radical (unpaired) electrons. The van der Waals surface area contributed by atoms with Gasteiger partial charge < -0.3 is 15.5 Å². The third-order valence-electron chi connectivity index (χ3n) is 4.59. The maximum atomic E-state index is 12.7. The molecule has 0 unspecified atom stereocenters. The molecule has 6 nitrogen and oxygen atoms in total. The van der Waals surface area contributed by atoms with E-state index < -0.39 is 23.1 Å². The van der Waals surface area contributed by atoms with Crippen LogP contribution in [-0.2, 0) is 22.7 Å². The first-order chi connectivity index (χ1) is 12.3. The summed E-state index contributed by atoms with van der Waals surface area (Å²) in [6.45, 7) is 1.57. The van der Waals surface area contributed by atoms with Crippen LogP contribution in [0.4, 0.5) is 0 Å². The first kappa shape index (κ1) is 18.1. The fraction of sp³-hybridized carbons (Fsp3) is 0.300. The van der Waals surface area contributed by atoms with Crippen molar-refractivity contribution in [2.24, 2.45) is 0 Å². The van der Waals surface area contributed by atoms with Gasteiger partial charge in [0.1, 0.15) is 5.60 Å². The van der Waals surface area contributed by atoms with Gasteiger partial charge in [-0.15, -0.1) is 0 Å². The molecular formula is C20H22N2O4. The smallest absolute Gasteiger partial charge is 0.273 e. The minimum atomic E-state index is -2.11. The number of nitrogens with zero attached hydrogens (tertiary/aromatic N) is 1. The summed E-state index contributed by atoms with van der Waals surface area (Å²) in [5.41, 5.74) is -2.28. The summed E-state index contributed by atoms with van der Waals surface area (Å²) in [4.78, 5) is 26.3. The molecule has 2 aromatic carbocycles. The summed E-state index contributed by atoms with van der Waals surface area (Å²) < 4.78 is 0. The van der Waals surface area contributed by atoms with Crippen molar-refractivity contribution in [3.05, 3.63) is 71.8 Å². The van der Waals surface area contributed by atoms with E-state index in [0.29, 0.717) is 0 Å². The van der Waals surface area contributed by atoms with Crippen LogP contribution in [0.2, 0.25) is 0 Å². The molecule has 26 heavy (non-hydrogen) atoms. The van der Waals surface area contributed by atoms with E-state index in [-0.39, 0.29) is 19.5 Å². The number of aliphatic hydroxyl groups is 2. The van der Waals surface area contributed by atoms with Crippen molar-refractivity contribution in [3.8, 4) is 0 Å². The maximum absolute atomic E-state index is 12.7. The predicted molar refractivity (Wildman–Crippen MR) is 95.5 cm³/mol. The summed E-state index contributed by atoms with van der Waals surface area (Å²) in [7, 11) is 0. The highest BCUT2D eigenvalue weighted by Gasteiger charge is 2.59. The van der Waals surface area contributed by atoms with Gasteiger partial charge in [0, 0.05) is 19.5 Å². The van der Waals surface area contributed by atoms with Gasteiger partial charge in [-0.1, -0.05) is 60.7 Å². The number of rotatable bonds is 5. The molecule has 0 bridgehead atoms. The lowest BCUT2D eigenvalue weighted by atomic mass is 9.99. The topological polar surface area (TPSA) is 89.9 Å². The molecule has 2 amide bonds. The summed E-state index contributed by atoms with van der Waals surface area (Å²) in [5.74, 6) is -1.37. The SMILES string of the molecule is C[C@@]1(O)C[C@@](O)(C(=O)NCc2ccccc2)N(Cc2ccccc2)C1=O. The number of likely N-dealkylation sites (tertiary alicyclic amines) is 1. The molecule has 0 spiro atoms. The Labute approximate surface area is 152 Å². The second-order valence-electron chi connectivity index (χ2n) is 6.81. The second-order valence-corrected chi connectivity index (χ2v) is 6.81. The molecule has 1 saturated heterocycles. The van der Waals surface area contributed by atoms with E-state index in [1.807, 2.05) is 48.5 Å². The average molecular weight is 354 g/mol. The van der Waals surface area contributed by atoms with E-state index in [4.69, 9.17) is 0 Å². The van der Waals surface area contributed by atoms with Crippen molar-refractivity contribution < 1.29 is 19.8 Å². The first-order valence-corrected chi connectivity index (χ1v) is 8.46. The number of carbonyl (C=O) groups is 2. The van der Waals surface area contributed by atoms with Crippen molar-refractivity contribution in [3.63, 3.8) is 0 Å². The Morgan fingerprint density at radius 3 is 2.15 bits per heavy atom. The van der Waals surface area contributed by atoms with Gasteiger partial charge >= 0.3 is 0 Å². The lowest BCUT2D eigenvalue weighted by molar-refractivity contribution is -0.166. The summed E-state index contributed by atoms with van der Waals surface area (Å²) >= 11 is 0. The van der Waals surface area contributed by atoms with Gasteiger partial charge in [-0.05, 0) is 18.1 Å². The Morgan fingerprint density at radius 1 is 1.04 bits per heavy atom. The quantitative estimate of drug-likeness (QED) is 0.752. The van der Waals surface area contributed by atoms with E-state index in [0.717, 1.165) is 16.0 Å². The van der Waals surface area contributed by atoms with Crippen LogP contribution in [0.5, 0.6) is 0 Å². The molecular weight excluding hydrogens is 332 g/mol. The highest BCUT2D eigenvalue weighted by atomic mass is 16.4. The molecule has 136 valence electrons. The molecule has 1 heterocycles. The van der Waals surface area contributed by atoms with Crippen LogP contribution < -0.4 is 5.32 Å². The monoisotopic (exact) mass is 354 g/mol. The highest BCUT2D eigenvalue weighted by molar-refractivity contribution is 5.97. The largest absolute Gasteiger partial charge is 0.380 e. The number of carbonyl (C=O) groups excluding carboxylic acids is 2. The van der Waals surface area contributed by atoms with Gasteiger partial charge in [0.2, 0.25) is 5.72 Å². The third-order valence-corrected chi connectivity index (χ3v) is 4.59. The van der Waals surface area contributed by atoms with Gasteiger partial charge in [0.05, 0.1) is 0 Å². The molecule has 3 N–H and O–H groups in total. The molecule has 2 aromatic rings. The molecule has 0 aliphatic carbocycles. The number of amides is 2. The van der Waals surface area contributed by atoms with Crippen LogP contribution in [0, 0.1) is 0 Å². The minimum absolute atomic E-state index is 0.0328. The minimum Gasteiger partial charge on any atom is -0.380 e. The molecule has 0 aromatic heterocycles. The Kier molecular flexibility index (Phi) is 4.80. The zero-order chi connectivity index (χ0) is 18.8. The molecule has 2 atom stereocenters. The Morgan fingerprint density at radius 2 is 1.58 bits per heavy atom. The van der Waals surface area contributed by atoms with Crippen molar-refractivity contribution in [2.45, 2.75) is 37.8 Å².